The monoisotopic (exact) mass is 853 g/mol. The third kappa shape index (κ3) is 48.0. The maximum atomic E-state index is 12.7. The fourth-order valence-corrected chi connectivity index (χ4v) is 7.06. The molecule has 6 heteroatoms. The SMILES string of the molecule is CCCC/C=C\CCCCCCCC(=O)O[C@H](COC(=O)CCC/C=C\C/C=C\C/C=C\C/C=C\CCCCC)COC(=O)CCCCCCCCCCCCCCCCC. The summed E-state index contributed by atoms with van der Waals surface area (Å²) in [5, 5.41) is 0. The molecule has 0 aromatic carbocycles. The lowest BCUT2D eigenvalue weighted by atomic mass is 10.0. The fraction of sp³-hybridized carbons (Fsp3) is 0.764. The van der Waals surface area contributed by atoms with Crippen LogP contribution >= 0.6 is 0 Å². The summed E-state index contributed by atoms with van der Waals surface area (Å²) in [6.45, 7) is 6.52. The molecule has 0 aliphatic carbocycles. The maximum Gasteiger partial charge on any atom is 0.306 e. The summed E-state index contributed by atoms with van der Waals surface area (Å²) in [6.07, 6.45) is 60.6. The first-order valence-corrected chi connectivity index (χ1v) is 25.8. The van der Waals surface area contributed by atoms with Crippen molar-refractivity contribution in [2.75, 3.05) is 13.2 Å². The molecule has 0 saturated heterocycles. The molecule has 0 radical (unpaired) electrons. The summed E-state index contributed by atoms with van der Waals surface area (Å²) in [4.78, 5) is 37.9. The summed E-state index contributed by atoms with van der Waals surface area (Å²) in [5.41, 5.74) is 0. The van der Waals surface area contributed by atoms with E-state index >= 15 is 0 Å². The van der Waals surface area contributed by atoms with E-state index in [0.717, 1.165) is 77.0 Å². The van der Waals surface area contributed by atoms with Gasteiger partial charge in [-0.3, -0.25) is 14.4 Å². The van der Waals surface area contributed by atoms with Gasteiger partial charge in [-0.05, 0) is 77.0 Å². The highest BCUT2D eigenvalue weighted by atomic mass is 16.6. The van der Waals surface area contributed by atoms with Gasteiger partial charge in [-0.25, -0.2) is 0 Å². The first-order chi connectivity index (χ1) is 30.0. The minimum atomic E-state index is -0.797. The van der Waals surface area contributed by atoms with Crippen LogP contribution in [0.3, 0.4) is 0 Å². The highest BCUT2D eigenvalue weighted by Crippen LogP contribution is 2.15. The van der Waals surface area contributed by atoms with Gasteiger partial charge in [0.2, 0.25) is 0 Å². The van der Waals surface area contributed by atoms with E-state index in [2.05, 4.69) is 81.5 Å². The van der Waals surface area contributed by atoms with Gasteiger partial charge in [0.25, 0.3) is 0 Å². The molecule has 352 valence electrons. The number of allylic oxidation sites excluding steroid dienone is 10. The second-order valence-electron chi connectivity index (χ2n) is 17.1. The maximum absolute atomic E-state index is 12.7. The molecule has 0 N–H and O–H groups in total. The predicted octanol–water partition coefficient (Wildman–Crippen LogP) is 16.9. The number of ether oxygens (including phenoxy) is 3. The molecule has 61 heavy (non-hydrogen) atoms. The van der Waals surface area contributed by atoms with Gasteiger partial charge in [0.1, 0.15) is 13.2 Å². The van der Waals surface area contributed by atoms with Gasteiger partial charge < -0.3 is 14.2 Å². The molecule has 1 atom stereocenters. The number of carbonyl (C=O) groups is 3. The Kier molecular flexibility index (Phi) is 47.4. The summed E-state index contributed by atoms with van der Waals surface area (Å²) < 4.78 is 16.7. The lowest BCUT2D eigenvalue weighted by Crippen LogP contribution is -2.30. The van der Waals surface area contributed by atoms with E-state index in [9.17, 15) is 14.4 Å². The Morgan fingerprint density at radius 2 is 0.623 bits per heavy atom. The van der Waals surface area contributed by atoms with Crippen molar-refractivity contribution < 1.29 is 28.6 Å². The molecular weight excluding hydrogens is 757 g/mol. The summed E-state index contributed by atoms with van der Waals surface area (Å²) in [7, 11) is 0. The highest BCUT2D eigenvalue weighted by molar-refractivity contribution is 5.71. The van der Waals surface area contributed by atoms with E-state index in [1.807, 2.05) is 0 Å². The van der Waals surface area contributed by atoms with Gasteiger partial charge >= 0.3 is 17.9 Å². The van der Waals surface area contributed by atoms with E-state index in [1.54, 1.807) is 0 Å². The zero-order chi connectivity index (χ0) is 44.4. The van der Waals surface area contributed by atoms with Crippen LogP contribution < -0.4 is 0 Å². The largest absolute Gasteiger partial charge is 0.462 e. The lowest BCUT2D eigenvalue weighted by molar-refractivity contribution is -0.167. The van der Waals surface area contributed by atoms with Crippen LogP contribution in [0.1, 0.15) is 252 Å². The Hall–Kier alpha value is -2.89. The van der Waals surface area contributed by atoms with Crippen LogP contribution in [0.25, 0.3) is 0 Å². The van der Waals surface area contributed by atoms with E-state index in [1.165, 1.54) is 128 Å². The lowest BCUT2D eigenvalue weighted by Gasteiger charge is -2.18. The Morgan fingerprint density at radius 3 is 1.08 bits per heavy atom. The van der Waals surface area contributed by atoms with E-state index in [-0.39, 0.29) is 37.5 Å². The van der Waals surface area contributed by atoms with Gasteiger partial charge in [-0.15, -0.1) is 0 Å². The molecule has 0 saturated carbocycles. The summed E-state index contributed by atoms with van der Waals surface area (Å²) in [5.74, 6) is -0.957. The van der Waals surface area contributed by atoms with Gasteiger partial charge in [0.15, 0.2) is 6.10 Å². The Morgan fingerprint density at radius 1 is 0.328 bits per heavy atom. The average molecular weight is 853 g/mol. The van der Waals surface area contributed by atoms with Crippen molar-refractivity contribution in [2.24, 2.45) is 0 Å². The molecule has 0 rings (SSSR count). The molecule has 0 spiro atoms. The molecule has 0 fully saturated rings. The third-order valence-electron chi connectivity index (χ3n) is 11.0. The molecule has 0 unspecified atom stereocenters. The van der Waals surface area contributed by atoms with Gasteiger partial charge in [0.05, 0.1) is 0 Å². The van der Waals surface area contributed by atoms with E-state index < -0.39 is 6.10 Å². The first-order valence-electron chi connectivity index (χ1n) is 25.8. The predicted molar refractivity (Wildman–Crippen MR) is 261 cm³/mol. The summed E-state index contributed by atoms with van der Waals surface area (Å²) >= 11 is 0. The minimum Gasteiger partial charge on any atom is -0.462 e. The number of unbranched alkanes of at least 4 members (excludes halogenated alkanes) is 25. The van der Waals surface area contributed by atoms with E-state index in [0.29, 0.717) is 19.3 Å². The number of rotatable bonds is 46. The standard InChI is InChI=1S/C55H96O6/c1-4-7-10-13-16-19-22-24-26-27-29-31-34-36-39-42-45-48-54(57)60-51-52(61-55(58)49-46-43-40-37-32-21-18-15-12-9-6-3)50-59-53(56)47-44-41-38-35-33-30-28-25-23-20-17-14-11-8-5-2/h15-16,18-19,24,26,29,31,36,39,52H,4-14,17,20-23,25,27-28,30,32-35,37-38,40-51H2,1-3H3/b18-15-,19-16-,26-24-,31-29-,39-36-/t52-/m0/s1. The molecule has 6 nitrogen and oxygen atoms in total. The Bertz CT molecular complexity index is 1120. The molecule has 0 aromatic heterocycles. The van der Waals surface area contributed by atoms with Gasteiger partial charge in [-0.1, -0.05) is 216 Å². The van der Waals surface area contributed by atoms with Gasteiger partial charge in [-0.2, -0.15) is 0 Å². The summed E-state index contributed by atoms with van der Waals surface area (Å²) in [6, 6.07) is 0. The zero-order valence-electron chi connectivity index (χ0n) is 40.2. The van der Waals surface area contributed by atoms with Crippen molar-refractivity contribution in [3.05, 3.63) is 60.8 Å². The average Bonchev–Trinajstić information content (AvgIpc) is 3.26. The smallest absolute Gasteiger partial charge is 0.306 e. The zero-order valence-corrected chi connectivity index (χ0v) is 40.2. The number of hydrogen-bond donors (Lipinski definition) is 0. The molecule has 0 aliphatic heterocycles. The fourth-order valence-electron chi connectivity index (χ4n) is 7.06. The first kappa shape index (κ1) is 58.1. The van der Waals surface area contributed by atoms with E-state index in [4.69, 9.17) is 14.2 Å². The second kappa shape index (κ2) is 49.8. The molecular formula is C55H96O6. The molecule has 0 heterocycles. The van der Waals surface area contributed by atoms with Crippen molar-refractivity contribution in [1.29, 1.82) is 0 Å². The van der Waals surface area contributed by atoms with Crippen LogP contribution in [0, 0.1) is 0 Å². The topological polar surface area (TPSA) is 78.9 Å². The third-order valence-corrected chi connectivity index (χ3v) is 11.0. The number of esters is 3. The van der Waals surface area contributed by atoms with Crippen LogP contribution in [0.2, 0.25) is 0 Å². The van der Waals surface area contributed by atoms with Crippen LogP contribution in [0.5, 0.6) is 0 Å². The molecule has 0 aromatic rings. The van der Waals surface area contributed by atoms with Crippen molar-refractivity contribution in [3.63, 3.8) is 0 Å². The molecule has 0 bridgehead atoms. The van der Waals surface area contributed by atoms with Crippen molar-refractivity contribution in [2.45, 2.75) is 258 Å². The Labute approximate surface area is 377 Å². The number of carbonyl (C=O) groups excluding carboxylic acids is 3. The van der Waals surface area contributed by atoms with Crippen LogP contribution in [-0.2, 0) is 28.6 Å². The molecule has 0 amide bonds. The number of hydrogen-bond acceptors (Lipinski definition) is 6. The van der Waals surface area contributed by atoms with Crippen LogP contribution in [0.15, 0.2) is 60.8 Å². The quantitative estimate of drug-likeness (QED) is 0.0263. The van der Waals surface area contributed by atoms with Crippen molar-refractivity contribution >= 4 is 17.9 Å². The second-order valence-corrected chi connectivity index (χ2v) is 17.1. The van der Waals surface area contributed by atoms with Gasteiger partial charge in [0, 0.05) is 19.3 Å². The normalized spacial score (nSPS) is 12.5. The Balaban J connectivity index is 4.43. The minimum absolute atomic E-state index is 0.0927. The van der Waals surface area contributed by atoms with Crippen molar-refractivity contribution in [1.82, 2.24) is 0 Å². The van der Waals surface area contributed by atoms with Crippen molar-refractivity contribution in [3.8, 4) is 0 Å². The van der Waals surface area contributed by atoms with Crippen LogP contribution in [-0.4, -0.2) is 37.2 Å². The highest BCUT2D eigenvalue weighted by Gasteiger charge is 2.19. The molecule has 0 aliphatic rings. The van der Waals surface area contributed by atoms with Crippen LogP contribution in [0.4, 0.5) is 0 Å².